The van der Waals surface area contributed by atoms with Crippen LogP contribution in [0.1, 0.15) is 99.8 Å². The standard InChI is InChI=1S/C30H46O/c1-19(2)20-11-14-27(5)17-18-29(7)21(25(20)27)9-10-23-28(6)15-13-24(31)26(3,4)22(28)12-16-30(23,29)8/h13,15,20-23,25H,1,9-12,14,16-18H2,2-8H3/t20?,21-,22+,23-,25-,27-,28+,29-,30-/m1/s1. The fraction of sp³-hybridized carbons (Fsp3) is 0.833. The molecule has 1 unspecified atom stereocenters. The summed E-state index contributed by atoms with van der Waals surface area (Å²) in [5, 5.41) is 0. The summed E-state index contributed by atoms with van der Waals surface area (Å²) in [6.07, 6.45) is 15.1. The number of hydrogen-bond donors (Lipinski definition) is 0. The van der Waals surface area contributed by atoms with Crippen molar-refractivity contribution in [2.24, 2.45) is 56.7 Å². The Morgan fingerprint density at radius 3 is 2.26 bits per heavy atom. The number of carbonyl (C=O) groups excluding carboxylic acids is 1. The first-order chi connectivity index (χ1) is 14.3. The first-order valence-corrected chi connectivity index (χ1v) is 13.2. The van der Waals surface area contributed by atoms with Crippen molar-refractivity contribution in [3.05, 3.63) is 24.3 Å². The fourth-order valence-electron chi connectivity index (χ4n) is 10.8. The minimum Gasteiger partial charge on any atom is -0.294 e. The zero-order valence-corrected chi connectivity index (χ0v) is 21.3. The fourth-order valence-corrected chi connectivity index (χ4v) is 10.8. The van der Waals surface area contributed by atoms with Crippen LogP contribution in [0.15, 0.2) is 24.3 Å². The summed E-state index contributed by atoms with van der Waals surface area (Å²) in [6.45, 7) is 21.7. The van der Waals surface area contributed by atoms with Gasteiger partial charge in [-0.3, -0.25) is 4.79 Å². The van der Waals surface area contributed by atoms with Gasteiger partial charge in [0.1, 0.15) is 0 Å². The van der Waals surface area contributed by atoms with Gasteiger partial charge >= 0.3 is 0 Å². The summed E-state index contributed by atoms with van der Waals surface area (Å²) in [6, 6.07) is 0. The van der Waals surface area contributed by atoms with Crippen LogP contribution < -0.4 is 0 Å². The lowest BCUT2D eigenvalue weighted by atomic mass is 9.33. The SMILES string of the molecule is C=C(C)C1CC[C@]2(C)CC[C@]3(C)[C@H](CC[C@@H]4[C@@]5(C)C=CC(=O)C(C)(C)[C@@H]5CC[C@]43C)[C@@H]12. The van der Waals surface area contributed by atoms with Gasteiger partial charge in [-0.15, -0.1) is 0 Å². The lowest BCUT2D eigenvalue weighted by molar-refractivity contribution is -0.216. The summed E-state index contributed by atoms with van der Waals surface area (Å²) in [7, 11) is 0. The number of allylic oxidation sites excluding steroid dienone is 3. The summed E-state index contributed by atoms with van der Waals surface area (Å²) >= 11 is 0. The minimum atomic E-state index is -0.218. The highest BCUT2D eigenvalue weighted by Crippen LogP contribution is 2.76. The molecular formula is C30H46O. The second kappa shape index (κ2) is 6.38. The van der Waals surface area contributed by atoms with Crippen molar-refractivity contribution in [3.8, 4) is 0 Å². The molecule has 1 heteroatoms. The number of hydrogen-bond acceptors (Lipinski definition) is 1. The molecule has 4 saturated carbocycles. The molecule has 31 heavy (non-hydrogen) atoms. The molecule has 0 aliphatic heterocycles. The van der Waals surface area contributed by atoms with E-state index in [0.717, 1.165) is 17.8 Å². The maximum absolute atomic E-state index is 12.8. The maximum atomic E-state index is 12.8. The van der Waals surface area contributed by atoms with Crippen molar-refractivity contribution in [2.45, 2.75) is 99.8 Å². The highest BCUT2D eigenvalue weighted by Gasteiger charge is 2.69. The third kappa shape index (κ3) is 2.53. The molecular weight excluding hydrogens is 376 g/mol. The van der Waals surface area contributed by atoms with Crippen molar-refractivity contribution in [3.63, 3.8) is 0 Å². The van der Waals surface area contributed by atoms with Crippen molar-refractivity contribution >= 4 is 5.78 Å². The maximum Gasteiger partial charge on any atom is 0.161 e. The topological polar surface area (TPSA) is 17.1 Å². The van der Waals surface area contributed by atoms with Crippen molar-refractivity contribution in [2.75, 3.05) is 0 Å². The van der Waals surface area contributed by atoms with E-state index >= 15 is 0 Å². The van der Waals surface area contributed by atoms with Gasteiger partial charge in [-0.1, -0.05) is 59.8 Å². The first-order valence-electron chi connectivity index (χ1n) is 13.2. The number of carbonyl (C=O) groups is 1. The van der Waals surface area contributed by atoms with E-state index in [-0.39, 0.29) is 10.8 Å². The molecule has 0 aromatic heterocycles. The summed E-state index contributed by atoms with van der Waals surface area (Å²) in [5.74, 6) is 3.91. The van der Waals surface area contributed by atoms with E-state index in [1.165, 1.54) is 56.9 Å². The van der Waals surface area contributed by atoms with Gasteiger partial charge in [0.2, 0.25) is 0 Å². The second-order valence-electron chi connectivity index (χ2n) is 14.1. The molecule has 0 spiro atoms. The van der Waals surface area contributed by atoms with Crippen LogP contribution in [-0.4, -0.2) is 5.78 Å². The van der Waals surface area contributed by atoms with E-state index in [2.05, 4.69) is 61.1 Å². The highest BCUT2D eigenvalue weighted by molar-refractivity contribution is 5.95. The second-order valence-corrected chi connectivity index (χ2v) is 14.1. The van der Waals surface area contributed by atoms with E-state index in [4.69, 9.17) is 0 Å². The van der Waals surface area contributed by atoms with Crippen LogP contribution in [0.25, 0.3) is 0 Å². The number of fused-ring (bicyclic) bond motifs is 7. The summed E-state index contributed by atoms with van der Waals surface area (Å²) < 4.78 is 0. The Labute approximate surface area is 191 Å². The average molecular weight is 423 g/mol. The van der Waals surface area contributed by atoms with Crippen LogP contribution in [-0.2, 0) is 4.79 Å². The number of rotatable bonds is 1. The summed E-state index contributed by atoms with van der Waals surface area (Å²) in [4.78, 5) is 12.8. The molecule has 9 atom stereocenters. The molecule has 5 rings (SSSR count). The minimum absolute atomic E-state index is 0.155. The van der Waals surface area contributed by atoms with E-state index in [1.54, 1.807) is 0 Å². The predicted molar refractivity (Wildman–Crippen MR) is 130 cm³/mol. The molecule has 0 amide bonds. The molecule has 0 N–H and O–H groups in total. The first kappa shape index (κ1) is 22.0. The van der Waals surface area contributed by atoms with Gasteiger partial charge in [0.25, 0.3) is 0 Å². The molecule has 172 valence electrons. The van der Waals surface area contributed by atoms with Gasteiger partial charge in [0.15, 0.2) is 5.78 Å². The Balaban J connectivity index is 1.57. The van der Waals surface area contributed by atoms with E-state index in [0.29, 0.717) is 33.9 Å². The lowest BCUT2D eigenvalue weighted by Crippen LogP contribution is -2.65. The van der Waals surface area contributed by atoms with E-state index in [9.17, 15) is 4.79 Å². The summed E-state index contributed by atoms with van der Waals surface area (Å²) in [5.41, 5.74) is 2.68. The van der Waals surface area contributed by atoms with Crippen LogP contribution >= 0.6 is 0 Å². The van der Waals surface area contributed by atoms with E-state index < -0.39 is 0 Å². The van der Waals surface area contributed by atoms with Gasteiger partial charge in [-0.25, -0.2) is 0 Å². The van der Waals surface area contributed by atoms with Gasteiger partial charge < -0.3 is 0 Å². The van der Waals surface area contributed by atoms with Crippen molar-refractivity contribution in [1.29, 1.82) is 0 Å². The molecule has 0 bridgehead atoms. The quantitative estimate of drug-likeness (QED) is 0.391. The third-order valence-corrected chi connectivity index (χ3v) is 12.8. The molecule has 0 heterocycles. The molecule has 4 fully saturated rings. The largest absolute Gasteiger partial charge is 0.294 e. The zero-order valence-electron chi connectivity index (χ0n) is 21.3. The van der Waals surface area contributed by atoms with Gasteiger partial charge in [0, 0.05) is 5.41 Å². The van der Waals surface area contributed by atoms with Crippen molar-refractivity contribution in [1.82, 2.24) is 0 Å². The smallest absolute Gasteiger partial charge is 0.161 e. The Bertz CT molecular complexity index is 848. The Morgan fingerprint density at radius 1 is 0.871 bits per heavy atom. The van der Waals surface area contributed by atoms with Gasteiger partial charge in [-0.2, -0.15) is 0 Å². The Hall–Kier alpha value is -0.850. The van der Waals surface area contributed by atoms with Crippen molar-refractivity contribution < 1.29 is 4.79 Å². The highest BCUT2D eigenvalue weighted by atomic mass is 16.1. The zero-order chi connectivity index (χ0) is 22.6. The normalized spacial score (nSPS) is 55.1. The van der Waals surface area contributed by atoms with Crippen LogP contribution in [0.3, 0.4) is 0 Å². The molecule has 0 radical (unpaired) electrons. The van der Waals surface area contributed by atoms with Gasteiger partial charge in [-0.05, 0) is 116 Å². The molecule has 0 aromatic carbocycles. The van der Waals surface area contributed by atoms with Crippen LogP contribution in [0.4, 0.5) is 0 Å². The molecule has 5 aliphatic rings. The van der Waals surface area contributed by atoms with Crippen LogP contribution in [0, 0.1) is 56.7 Å². The Morgan fingerprint density at radius 2 is 1.58 bits per heavy atom. The average Bonchev–Trinajstić information content (AvgIpc) is 3.04. The predicted octanol–water partition coefficient (Wildman–Crippen LogP) is 8.01. The number of ketones is 1. The molecule has 5 aliphatic carbocycles. The molecule has 0 saturated heterocycles. The van der Waals surface area contributed by atoms with E-state index in [1.807, 2.05) is 6.08 Å². The Kier molecular flexibility index (Phi) is 4.52. The van der Waals surface area contributed by atoms with Gasteiger partial charge in [0.05, 0.1) is 0 Å². The van der Waals surface area contributed by atoms with Crippen LogP contribution in [0.2, 0.25) is 0 Å². The van der Waals surface area contributed by atoms with Crippen LogP contribution in [0.5, 0.6) is 0 Å². The lowest BCUT2D eigenvalue weighted by Gasteiger charge is -2.71. The monoisotopic (exact) mass is 422 g/mol. The third-order valence-electron chi connectivity index (χ3n) is 12.8. The molecule has 0 aromatic rings. The molecule has 1 nitrogen and oxygen atoms in total.